The van der Waals surface area contributed by atoms with Crippen LogP contribution in [0.4, 0.5) is 0 Å². The third-order valence-corrected chi connectivity index (χ3v) is 5.02. The van der Waals surface area contributed by atoms with Gasteiger partial charge in [0.05, 0.1) is 0 Å². The maximum atomic E-state index is 6.49. The van der Waals surface area contributed by atoms with E-state index in [2.05, 4.69) is 56.9 Å². The summed E-state index contributed by atoms with van der Waals surface area (Å²) in [4.78, 5) is 2.56. The summed E-state index contributed by atoms with van der Waals surface area (Å²) in [5, 5.41) is 0. The van der Waals surface area contributed by atoms with Crippen molar-refractivity contribution in [2.75, 3.05) is 13.1 Å². The highest BCUT2D eigenvalue weighted by molar-refractivity contribution is 5.25. The van der Waals surface area contributed by atoms with Crippen molar-refractivity contribution in [2.45, 2.75) is 59.0 Å². The molecule has 112 valence electrons. The summed E-state index contributed by atoms with van der Waals surface area (Å²) in [6.45, 7) is 11.6. The van der Waals surface area contributed by atoms with E-state index in [4.69, 9.17) is 5.73 Å². The largest absolute Gasteiger partial charge is 0.323 e. The Balaban J connectivity index is 1.99. The fourth-order valence-electron chi connectivity index (χ4n) is 3.02. The second-order valence-electron chi connectivity index (χ2n) is 7.06. The van der Waals surface area contributed by atoms with Crippen molar-refractivity contribution < 1.29 is 0 Å². The number of hydrogen-bond donors (Lipinski definition) is 1. The van der Waals surface area contributed by atoms with E-state index < -0.39 is 0 Å². The molecule has 1 aliphatic rings. The van der Waals surface area contributed by atoms with E-state index in [0.29, 0.717) is 11.5 Å². The van der Waals surface area contributed by atoms with Crippen LogP contribution in [0.5, 0.6) is 0 Å². The van der Waals surface area contributed by atoms with Crippen LogP contribution >= 0.6 is 0 Å². The van der Waals surface area contributed by atoms with Gasteiger partial charge in [0, 0.05) is 12.1 Å². The van der Waals surface area contributed by atoms with Gasteiger partial charge in [-0.2, -0.15) is 0 Å². The van der Waals surface area contributed by atoms with Crippen molar-refractivity contribution in [1.29, 1.82) is 0 Å². The van der Waals surface area contributed by atoms with Crippen LogP contribution in [-0.2, 0) is 6.42 Å². The number of likely N-dealkylation sites (tertiary alicyclic amines) is 1. The van der Waals surface area contributed by atoms with Crippen LogP contribution in [0.1, 0.15) is 57.7 Å². The maximum Gasteiger partial charge on any atom is 0.0450 e. The second-order valence-corrected chi connectivity index (χ2v) is 7.06. The average molecular weight is 274 g/mol. The number of rotatable bonds is 4. The van der Waals surface area contributed by atoms with Gasteiger partial charge in [0.25, 0.3) is 0 Å². The molecule has 1 aromatic carbocycles. The predicted octanol–water partition coefficient (Wildman–Crippen LogP) is 3.76. The molecule has 2 atom stereocenters. The molecule has 2 unspecified atom stereocenters. The summed E-state index contributed by atoms with van der Waals surface area (Å²) in [5.41, 5.74) is 9.64. The van der Waals surface area contributed by atoms with Gasteiger partial charge in [0.15, 0.2) is 0 Å². The highest BCUT2D eigenvalue weighted by atomic mass is 15.2. The van der Waals surface area contributed by atoms with E-state index in [1.165, 1.54) is 37.1 Å². The first-order valence-corrected chi connectivity index (χ1v) is 8.01. The molecule has 2 heteroatoms. The quantitative estimate of drug-likeness (QED) is 0.906. The van der Waals surface area contributed by atoms with Gasteiger partial charge in [-0.3, -0.25) is 4.90 Å². The lowest BCUT2D eigenvalue weighted by molar-refractivity contribution is 0.0895. The molecule has 1 saturated heterocycles. The van der Waals surface area contributed by atoms with Crippen LogP contribution in [0.25, 0.3) is 0 Å². The zero-order valence-corrected chi connectivity index (χ0v) is 13.5. The molecule has 1 fully saturated rings. The van der Waals surface area contributed by atoms with Crippen molar-refractivity contribution in [2.24, 2.45) is 11.1 Å². The molecule has 1 aromatic rings. The molecule has 1 aliphatic heterocycles. The van der Waals surface area contributed by atoms with Gasteiger partial charge in [-0.25, -0.2) is 0 Å². The molecule has 0 saturated carbocycles. The molecule has 2 rings (SSSR count). The standard InChI is InChI=1S/C18H30N2/c1-5-15-6-8-16(9-7-15)17(19)14(2)20-12-10-18(3,4)11-13-20/h6-9,14,17H,5,10-13,19H2,1-4H3. The fourth-order valence-corrected chi connectivity index (χ4v) is 3.02. The summed E-state index contributed by atoms with van der Waals surface area (Å²) >= 11 is 0. The van der Waals surface area contributed by atoms with Crippen molar-refractivity contribution >= 4 is 0 Å². The molecule has 0 spiro atoms. The zero-order chi connectivity index (χ0) is 14.8. The van der Waals surface area contributed by atoms with Gasteiger partial charge in [-0.05, 0) is 55.8 Å². The summed E-state index contributed by atoms with van der Waals surface area (Å²) in [6, 6.07) is 9.35. The molecule has 0 bridgehead atoms. The Hall–Kier alpha value is -0.860. The van der Waals surface area contributed by atoms with Crippen LogP contribution in [0.2, 0.25) is 0 Å². The first-order chi connectivity index (χ1) is 9.43. The van der Waals surface area contributed by atoms with Crippen LogP contribution in [0.3, 0.4) is 0 Å². The van der Waals surface area contributed by atoms with Crippen LogP contribution in [0.15, 0.2) is 24.3 Å². The number of hydrogen-bond acceptors (Lipinski definition) is 2. The second kappa shape index (κ2) is 6.28. The van der Waals surface area contributed by atoms with Gasteiger partial charge >= 0.3 is 0 Å². The number of piperidine rings is 1. The minimum absolute atomic E-state index is 0.113. The van der Waals surface area contributed by atoms with Gasteiger partial charge in [-0.1, -0.05) is 45.0 Å². The van der Waals surface area contributed by atoms with Gasteiger partial charge < -0.3 is 5.73 Å². The zero-order valence-electron chi connectivity index (χ0n) is 13.5. The van der Waals surface area contributed by atoms with E-state index in [9.17, 15) is 0 Å². The Kier molecular flexibility index (Phi) is 4.87. The predicted molar refractivity (Wildman–Crippen MR) is 86.8 cm³/mol. The van der Waals surface area contributed by atoms with Crippen LogP contribution in [-0.4, -0.2) is 24.0 Å². The molecule has 0 amide bonds. The van der Waals surface area contributed by atoms with Crippen LogP contribution in [0, 0.1) is 5.41 Å². The van der Waals surface area contributed by atoms with Gasteiger partial charge in [0.2, 0.25) is 0 Å². The monoisotopic (exact) mass is 274 g/mol. The molecular weight excluding hydrogens is 244 g/mol. The van der Waals surface area contributed by atoms with Gasteiger partial charge in [0.1, 0.15) is 0 Å². The van der Waals surface area contributed by atoms with E-state index in [-0.39, 0.29) is 6.04 Å². The summed E-state index contributed by atoms with van der Waals surface area (Å²) in [5.74, 6) is 0. The molecule has 20 heavy (non-hydrogen) atoms. The Labute approximate surface area is 124 Å². The minimum atomic E-state index is 0.113. The van der Waals surface area contributed by atoms with Crippen molar-refractivity contribution in [1.82, 2.24) is 4.90 Å². The molecule has 1 heterocycles. The molecule has 0 aliphatic carbocycles. The minimum Gasteiger partial charge on any atom is -0.323 e. The summed E-state index contributed by atoms with van der Waals surface area (Å²) < 4.78 is 0. The smallest absolute Gasteiger partial charge is 0.0450 e. The summed E-state index contributed by atoms with van der Waals surface area (Å²) in [6.07, 6.45) is 3.64. The van der Waals surface area contributed by atoms with E-state index >= 15 is 0 Å². The molecule has 0 radical (unpaired) electrons. The lowest BCUT2D eigenvalue weighted by Gasteiger charge is -2.41. The van der Waals surface area contributed by atoms with Crippen molar-refractivity contribution in [3.8, 4) is 0 Å². The van der Waals surface area contributed by atoms with E-state index in [0.717, 1.165) is 6.42 Å². The Morgan fingerprint density at radius 3 is 2.20 bits per heavy atom. The SMILES string of the molecule is CCc1ccc(C(N)C(C)N2CCC(C)(C)CC2)cc1. The normalized spacial score (nSPS) is 22.4. The van der Waals surface area contributed by atoms with E-state index in [1.807, 2.05) is 0 Å². The number of benzene rings is 1. The number of nitrogens with zero attached hydrogens (tertiary/aromatic N) is 1. The molecule has 2 nitrogen and oxygen atoms in total. The Morgan fingerprint density at radius 1 is 1.15 bits per heavy atom. The Morgan fingerprint density at radius 2 is 1.70 bits per heavy atom. The highest BCUT2D eigenvalue weighted by Crippen LogP contribution is 2.32. The van der Waals surface area contributed by atoms with E-state index in [1.54, 1.807) is 0 Å². The Bertz CT molecular complexity index is 412. The van der Waals surface area contributed by atoms with Crippen molar-refractivity contribution in [3.63, 3.8) is 0 Å². The molecule has 0 aromatic heterocycles. The highest BCUT2D eigenvalue weighted by Gasteiger charge is 2.30. The topological polar surface area (TPSA) is 29.3 Å². The number of nitrogens with two attached hydrogens (primary N) is 1. The average Bonchev–Trinajstić information content (AvgIpc) is 2.46. The first kappa shape index (κ1) is 15.5. The fraction of sp³-hybridized carbons (Fsp3) is 0.667. The van der Waals surface area contributed by atoms with Crippen LogP contribution < -0.4 is 5.73 Å². The third kappa shape index (κ3) is 3.62. The number of aryl methyl sites for hydroxylation is 1. The van der Waals surface area contributed by atoms with Gasteiger partial charge in [-0.15, -0.1) is 0 Å². The lowest BCUT2D eigenvalue weighted by Crippen LogP contribution is -2.46. The first-order valence-electron chi connectivity index (χ1n) is 8.01. The van der Waals surface area contributed by atoms with Crippen molar-refractivity contribution in [3.05, 3.63) is 35.4 Å². The maximum absolute atomic E-state index is 6.49. The third-order valence-electron chi connectivity index (χ3n) is 5.02. The molecular formula is C18H30N2. The summed E-state index contributed by atoms with van der Waals surface area (Å²) in [7, 11) is 0. The lowest BCUT2D eigenvalue weighted by atomic mass is 9.82. The molecule has 2 N–H and O–H groups in total.